The third-order valence-electron chi connectivity index (χ3n) is 3.70. The van der Waals surface area contributed by atoms with Crippen LogP contribution in [0.1, 0.15) is 26.2 Å². The van der Waals surface area contributed by atoms with Crippen molar-refractivity contribution in [2.45, 2.75) is 43.2 Å². The molecule has 0 radical (unpaired) electrons. The van der Waals surface area contributed by atoms with Crippen LogP contribution in [0.3, 0.4) is 0 Å². The van der Waals surface area contributed by atoms with E-state index in [1.807, 2.05) is 12.1 Å². The number of anilines is 1. The number of methoxy groups -OCH3 is 1. The van der Waals surface area contributed by atoms with Crippen LogP contribution in [-0.4, -0.2) is 33.4 Å². The third-order valence-corrected chi connectivity index (χ3v) is 5.48. The Bertz CT molecular complexity index is 527. The summed E-state index contributed by atoms with van der Waals surface area (Å²) in [6, 6.07) is 7.30. The maximum absolute atomic E-state index is 12.1. The van der Waals surface area contributed by atoms with Crippen molar-refractivity contribution in [3.63, 3.8) is 0 Å². The molecule has 0 aliphatic heterocycles. The second-order valence-electron chi connectivity index (χ2n) is 4.86. The molecule has 1 N–H and O–H groups in total. The fourth-order valence-electron chi connectivity index (χ4n) is 2.59. The first-order valence-corrected chi connectivity index (χ1v) is 8.35. The average Bonchev–Trinajstić information content (AvgIpc) is 2.86. The van der Waals surface area contributed by atoms with Crippen molar-refractivity contribution in [3.05, 3.63) is 24.3 Å². The Hall–Kier alpha value is -1.07. The quantitative estimate of drug-likeness (QED) is 0.902. The molecule has 0 bridgehead atoms. The Morgan fingerprint density at radius 3 is 2.74 bits per heavy atom. The molecule has 19 heavy (non-hydrogen) atoms. The van der Waals surface area contributed by atoms with Gasteiger partial charge >= 0.3 is 0 Å². The summed E-state index contributed by atoms with van der Waals surface area (Å²) in [5.41, 5.74) is 0.693. The molecule has 0 amide bonds. The van der Waals surface area contributed by atoms with E-state index < -0.39 is 9.84 Å². The number of sulfone groups is 1. The first-order chi connectivity index (χ1) is 9.08. The molecule has 5 heteroatoms. The van der Waals surface area contributed by atoms with Gasteiger partial charge in [-0.15, -0.1) is 0 Å². The number of para-hydroxylation sites is 1. The van der Waals surface area contributed by atoms with Crippen LogP contribution in [0.4, 0.5) is 5.69 Å². The van der Waals surface area contributed by atoms with Crippen LogP contribution >= 0.6 is 0 Å². The van der Waals surface area contributed by atoms with E-state index in [1.54, 1.807) is 26.2 Å². The number of ether oxygens (including phenoxy) is 1. The van der Waals surface area contributed by atoms with Crippen LogP contribution < -0.4 is 5.32 Å². The van der Waals surface area contributed by atoms with Gasteiger partial charge in [0.05, 0.1) is 28.5 Å². The second kappa shape index (κ2) is 5.92. The Morgan fingerprint density at radius 1 is 1.32 bits per heavy atom. The lowest BCUT2D eigenvalue weighted by Gasteiger charge is -2.22. The van der Waals surface area contributed by atoms with Gasteiger partial charge in [0.2, 0.25) is 0 Å². The average molecular weight is 283 g/mol. The Balaban J connectivity index is 2.26. The van der Waals surface area contributed by atoms with Gasteiger partial charge in [-0.2, -0.15) is 0 Å². The van der Waals surface area contributed by atoms with Crippen LogP contribution in [0.25, 0.3) is 0 Å². The monoisotopic (exact) mass is 283 g/mol. The van der Waals surface area contributed by atoms with Crippen molar-refractivity contribution in [1.29, 1.82) is 0 Å². The molecule has 4 nitrogen and oxygen atoms in total. The van der Waals surface area contributed by atoms with E-state index in [0.29, 0.717) is 10.6 Å². The Morgan fingerprint density at radius 2 is 2.05 bits per heavy atom. The van der Waals surface area contributed by atoms with E-state index in [1.165, 1.54) is 0 Å². The van der Waals surface area contributed by atoms with Crippen molar-refractivity contribution < 1.29 is 13.2 Å². The summed E-state index contributed by atoms with van der Waals surface area (Å²) < 4.78 is 29.6. The molecule has 1 saturated carbocycles. The highest BCUT2D eigenvalue weighted by Crippen LogP contribution is 2.28. The maximum Gasteiger partial charge on any atom is 0.180 e. The van der Waals surface area contributed by atoms with Crippen molar-refractivity contribution >= 4 is 15.5 Å². The van der Waals surface area contributed by atoms with Crippen LogP contribution in [0.2, 0.25) is 0 Å². The molecule has 0 aromatic heterocycles. The summed E-state index contributed by atoms with van der Waals surface area (Å²) in [6.45, 7) is 1.67. The highest BCUT2D eigenvalue weighted by molar-refractivity contribution is 7.91. The lowest BCUT2D eigenvalue weighted by Crippen LogP contribution is -2.30. The largest absolute Gasteiger partial charge is 0.379 e. The van der Waals surface area contributed by atoms with E-state index in [4.69, 9.17) is 4.74 Å². The molecule has 2 atom stereocenters. The molecule has 0 saturated heterocycles. The van der Waals surface area contributed by atoms with Gasteiger partial charge in [-0.1, -0.05) is 19.1 Å². The Kier molecular flexibility index (Phi) is 4.47. The summed E-state index contributed by atoms with van der Waals surface area (Å²) >= 11 is 0. The van der Waals surface area contributed by atoms with E-state index >= 15 is 0 Å². The first kappa shape index (κ1) is 14.3. The van der Waals surface area contributed by atoms with Crippen LogP contribution in [0.15, 0.2) is 29.2 Å². The predicted octanol–water partition coefficient (Wildman–Crippen LogP) is 2.46. The Labute approximate surface area is 115 Å². The normalized spacial score (nSPS) is 23.5. The van der Waals surface area contributed by atoms with Crippen molar-refractivity contribution in [2.75, 3.05) is 18.2 Å². The third kappa shape index (κ3) is 3.09. The lowest BCUT2D eigenvalue weighted by molar-refractivity contribution is 0.101. The minimum atomic E-state index is -3.20. The van der Waals surface area contributed by atoms with Gasteiger partial charge < -0.3 is 10.1 Å². The van der Waals surface area contributed by atoms with Crippen LogP contribution in [0.5, 0.6) is 0 Å². The van der Waals surface area contributed by atoms with Gasteiger partial charge in [-0.05, 0) is 31.4 Å². The molecule has 0 heterocycles. The van der Waals surface area contributed by atoms with Crippen molar-refractivity contribution in [1.82, 2.24) is 0 Å². The van der Waals surface area contributed by atoms with Gasteiger partial charge in [0.15, 0.2) is 9.84 Å². The summed E-state index contributed by atoms with van der Waals surface area (Å²) in [5, 5.41) is 3.35. The van der Waals surface area contributed by atoms with Gasteiger partial charge in [0, 0.05) is 7.11 Å². The number of hydrogen-bond acceptors (Lipinski definition) is 4. The molecular weight excluding hydrogens is 262 g/mol. The smallest absolute Gasteiger partial charge is 0.180 e. The van der Waals surface area contributed by atoms with E-state index in [9.17, 15) is 8.42 Å². The number of benzene rings is 1. The summed E-state index contributed by atoms with van der Waals surface area (Å²) in [7, 11) is -1.49. The highest BCUT2D eigenvalue weighted by atomic mass is 32.2. The lowest BCUT2D eigenvalue weighted by atomic mass is 10.2. The zero-order chi connectivity index (χ0) is 13.9. The van der Waals surface area contributed by atoms with Gasteiger partial charge in [0.1, 0.15) is 0 Å². The van der Waals surface area contributed by atoms with Crippen molar-refractivity contribution in [3.8, 4) is 0 Å². The van der Waals surface area contributed by atoms with Gasteiger partial charge in [-0.3, -0.25) is 0 Å². The molecule has 106 valence electrons. The predicted molar refractivity (Wildman–Crippen MR) is 76.2 cm³/mol. The molecule has 0 spiro atoms. The summed E-state index contributed by atoms with van der Waals surface area (Å²) in [6.07, 6.45) is 3.31. The molecule has 2 rings (SSSR count). The highest BCUT2D eigenvalue weighted by Gasteiger charge is 2.28. The van der Waals surface area contributed by atoms with Crippen LogP contribution in [-0.2, 0) is 14.6 Å². The molecular formula is C14H21NO3S. The van der Waals surface area contributed by atoms with E-state index in [-0.39, 0.29) is 17.9 Å². The fraction of sp³-hybridized carbons (Fsp3) is 0.571. The maximum atomic E-state index is 12.1. The first-order valence-electron chi connectivity index (χ1n) is 6.69. The number of rotatable bonds is 5. The second-order valence-corrected chi connectivity index (χ2v) is 7.10. The molecule has 1 aliphatic rings. The zero-order valence-corrected chi connectivity index (χ0v) is 12.2. The zero-order valence-electron chi connectivity index (χ0n) is 11.4. The SMILES string of the molecule is CCS(=O)(=O)c1ccccc1NC1CCCC1OC. The van der Waals surface area contributed by atoms with E-state index in [2.05, 4.69) is 5.32 Å². The molecule has 1 fully saturated rings. The summed E-state index contributed by atoms with van der Waals surface area (Å²) in [4.78, 5) is 0.388. The summed E-state index contributed by atoms with van der Waals surface area (Å²) in [5.74, 6) is 0.115. The van der Waals surface area contributed by atoms with Crippen LogP contribution in [0, 0.1) is 0 Å². The molecule has 1 aromatic carbocycles. The molecule has 1 aliphatic carbocycles. The fourth-order valence-corrected chi connectivity index (χ4v) is 3.64. The van der Waals surface area contributed by atoms with E-state index in [0.717, 1.165) is 19.3 Å². The topological polar surface area (TPSA) is 55.4 Å². The van der Waals surface area contributed by atoms with Gasteiger partial charge in [-0.25, -0.2) is 8.42 Å². The number of hydrogen-bond donors (Lipinski definition) is 1. The molecule has 2 unspecified atom stereocenters. The van der Waals surface area contributed by atoms with Crippen molar-refractivity contribution in [2.24, 2.45) is 0 Å². The standard InChI is InChI=1S/C14H21NO3S/c1-3-19(16,17)14-10-5-4-7-12(14)15-11-8-6-9-13(11)18-2/h4-5,7,10-11,13,15H,3,6,8-9H2,1-2H3. The van der Waals surface area contributed by atoms with Gasteiger partial charge in [0.25, 0.3) is 0 Å². The number of nitrogens with one attached hydrogen (secondary N) is 1. The molecule has 1 aromatic rings. The minimum absolute atomic E-state index is 0.115. The minimum Gasteiger partial charge on any atom is -0.379 e.